The number of para-hydroxylation sites is 1. The molecule has 2 amide bonds. The van der Waals surface area contributed by atoms with Crippen LogP contribution in [0.5, 0.6) is 0 Å². The first kappa shape index (κ1) is 33.2. The summed E-state index contributed by atoms with van der Waals surface area (Å²) in [6.07, 6.45) is 3.81. The van der Waals surface area contributed by atoms with E-state index in [0.717, 1.165) is 41.1 Å². The molecule has 0 saturated heterocycles. The van der Waals surface area contributed by atoms with Crippen molar-refractivity contribution in [3.05, 3.63) is 131 Å². The summed E-state index contributed by atoms with van der Waals surface area (Å²) in [5.74, 6) is -1.59. The Morgan fingerprint density at radius 3 is 2.20 bits per heavy atom. The highest BCUT2D eigenvalue weighted by atomic mass is 35.5. The van der Waals surface area contributed by atoms with Crippen molar-refractivity contribution in [3.63, 3.8) is 0 Å². The third kappa shape index (κ3) is 7.95. The highest BCUT2D eigenvalue weighted by molar-refractivity contribution is 7.92. The number of anilines is 1. The van der Waals surface area contributed by atoms with Crippen LogP contribution in [0.2, 0.25) is 5.02 Å². The average molecular weight is 662 g/mol. The second-order valence-corrected chi connectivity index (χ2v) is 13.9. The van der Waals surface area contributed by atoms with Crippen LogP contribution in [0.25, 0.3) is 0 Å². The van der Waals surface area contributed by atoms with Crippen molar-refractivity contribution in [1.29, 1.82) is 0 Å². The molecule has 10 heteroatoms. The predicted octanol–water partition coefficient (Wildman–Crippen LogP) is 6.68. The minimum Gasteiger partial charge on any atom is -0.352 e. The molecule has 1 fully saturated rings. The number of amides is 2. The number of benzene rings is 4. The molecule has 5 rings (SSSR count). The lowest BCUT2D eigenvalue weighted by Crippen LogP contribution is -2.54. The van der Waals surface area contributed by atoms with E-state index in [1.54, 1.807) is 48.5 Å². The van der Waals surface area contributed by atoms with E-state index in [4.69, 9.17) is 11.6 Å². The van der Waals surface area contributed by atoms with E-state index >= 15 is 4.39 Å². The third-order valence-corrected chi connectivity index (χ3v) is 10.4. The largest absolute Gasteiger partial charge is 0.352 e. The van der Waals surface area contributed by atoms with Crippen molar-refractivity contribution in [1.82, 2.24) is 10.2 Å². The van der Waals surface area contributed by atoms with Crippen molar-refractivity contribution in [2.75, 3.05) is 10.8 Å². The quantitative estimate of drug-likeness (QED) is 0.184. The lowest BCUT2D eigenvalue weighted by molar-refractivity contribution is -0.140. The van der Waals surface area contributed by atoms with Gasteiger partial charge in [0.2, 0.25) is 11.8 Å². The van der Waals surface area contributed by atoms with Gasteiger partial charge in [-0.25, -0.2) is 12.8 Å². The zero-order chi connectivity index (χ0) is 32.7. The molecule has 1 aliphatic rings. The molecule has 46 heavy (non-hydrogen) atoms. The van der Waals surface area contributed by atoms with Crippen molar-refractivity contribution in [2.45, 2.75) is 62.6 Å². The summed E-state index contributed by atoms with van der Waals surface area (Å²) in [5.41, 5.74) is 1.98. The van der Waals surface area contributed by atoms with Gasteiger partial charge in [0.1, 0.15) is 18.4 Å². The van der Waals surface area contributed by atoms with Crippen LogP contribution in [0.1, 0.15) is 42.4 Å². The Morgan fingerprint density at radius 2 is 1.52 bits per heavy atom. The first-order chi connectivity index (χ1) is 22.1. The topological polar surface area (TPSA) is 86.8 Å². The smallest absolute Gasteiger partial charge is 0.264 e. The van der Waals surface area contributed by atoms with E-state index in [1.165, 1.54) is 29.2 Å². The van der Waals surface area contributed by atoms with Crippen LogP contribution in [-0.2, 0) is 32.6 Å². The lowest BCUT2D eigenvalue weighted by atomic mass is 10.0. The molecule has 0 aromatic heterocycles. The van der Waals surface area contributed by atoms with Crippen LogP contribution < -0.4 is 9.62 Å². The fourth-order valence-corrected chi connectivity index (χ4v) is 7.46. The van der Waals surface area contributed by atoms with Gasteiger partial charge >= 0.3 is 0 Å². The SMILES string of the molecule is Cc1ccc(S(=O)(=O)N(CC(=O)N(Cc2ccccc2F)[C@H](Cc2ccccc2)C(=O)NC2CCCC2)c2ccccc2Cl)cc1. The zero-order valence-corrected chi connectivity index (χ0v) is 27.2. The maximum absolute atomic E-state index is 15.1. The second kappa shape index (κ2) is 14.9. The van der Waals surface area contributed by atoms with Gasteiger partial charge in [0.05, 0.1) is 15.6 Å². The van der Waals surface area contributed by atoms with Gasteiger partial charge in [0, 0.05) is 24.6 Å². The van der Waals surface area contributed by atoms with Gasteiger partial charge in [-0.2, -0.15) is 0 Å². The van der Waals surface area contributed by atoms with Gasteiger partial charge in [-0.05, 0) is 55.7 Å². The summed E-state index contributed by atoms with van der Waals surface area (Å²) in [5, 5.41) is 3.24. The van der Waals surface area contributed by atoms with E-state index in [-0.39, 0.29) is 46.1 Å². The molecule has 0 spiro atoms. The molecule has 0 aliphatic heterocycles. The van der Waals surface area contributed by atoms with Crippen molar-refractivity contribution >= 4 is 39.1 Å². The van der Waals surface area contributed by atoms with Gasteiger partial charge in [0.25, 0.3) is 10.0 Å². The van der Waals surface area contributed by atoms with Crippen LogP contribution in [-0.4, -0.2) is 43.8 Å². The van der Waals surface area contributed by atoms with Crippen LogP contribution in [0.15, 0.2) is 108 Å². The summed E-state index contributed by atoms with van der Waals surface area (Å²) in [6, 6.07) is 26.9. The van der Waals surface area contributed by atoms with Gasteiger partial charge in [-0.15, -0.1) is 0 Å². The summed E-state index contributed by atoms with van der Waals surface area (Å²) >= 11 is 6.52. The Hall–Kier alpha value is -4.21. The van der Waals surface area contributed by atoms with Crippen LogP contribution in [0, 0.1) is 12.7 Å². The molecule has 0 heterocycles. The number of hydrogen-bond acceptors (Lipinski definition) is 4. The first-order valence-corrected chi connectivity index (χ1v) is 17.2. The average Bonchev–Trinajstić information content (AvgIpc) is 3.56. The van der Waals surface area contributed by atoms with Gasteiger partial charge in [0.15, 0.2) is 0 Å². The molecule has 1 aliphatic carbocycles. The summed E-state index contributed by atoms with van der Waals surface area (Å²) in [7, 11) is -4.30. The van der Waals surface area contributed by atoms with Crippen LogP contribution in [0.4, 0.5) is 10.1 Å². The standard InChI is InChI=1S/C36H37ClFN3O4S/c1-26-19-21-30(22-20-26)46(44,45)41(33-18-10-8-16-31(33)37)25-35(42)40(24-28-13-5-9-17-32(28)38)34(23-27-11-3-2-4-12-27)36(43)39-29-14-6-7-15-29/h2-5,8-13,16-22,29,34H,6-7,14-15,23-25H2,1H3,(H,39,43)/t34-/m1/s1. The normalized spacial score (nSPS) is 14.1. The highest BCUT2D eigenvalue weighted by Crippen LogP contribution is 2.31. The highest BCUT2D eigenvalue weighted by Gasteiger charge is 2.36. The van der Waals surface area contributed by atoms with Crippen LogP contribution in [0.3, 0.4) is 0 Å². The Morgan fingerprint density at radius 1 is 0.891 bits per heavy atom. The Bertz CT molecular complexity index is 1760. The van der Waals surface area contributed by atoms with E-state index in [0.29, 0.717) is 0 Å². The number of carbonyl (C=O) groups is 2. The summed E-state index contributed by atoms with van der Waals surface area (Å²) in [6.45, 7) is 0.925. The molecule has 1 N–H and O–H groups in total. The van der Waals surface area contributed by atoms with E-state index in [2.05, 4.69) is 5.32 Å². The second-order valence-electron chi connectivity index (χ2n) is 11.6. The Labute approximate surface area is 275 Å². The fourth-order valence-electron chi connectivity index (χ4n) is 5.74. The molecule has 240 valence electrons. The molecule has 0 radical (unpaired) electrons. The van der Waals surface area contributed by atoms with E-state index in [1.807, 2.05) is 37.3 Å². The monoisotopic (exact) mass is 661 g/mol. The maximum Gasteiger partial charge on any atom is 0.264 e. The molecule has 0 unspecified atom stereocenters. The Balaban J connectivity index is 1.58. The number of aryl methyl sites for hydroxylation is 1. The lowest BCUT2D eigenvalue weighted by Gasteiger charge is -2.34. The number of halogens is 2. The first-order valence-electron chi connectivity index (χ1n) is 15.3. The van der Waals surface area contributed by atoms with Gasteiger partial charge in [-0.1, -0.05) is 103 Å². The number of carbonyl (C=O) groups excluding carboxylic acids is 2. The van der Waals surface area contributed by atoms with Gasteiger partial charge in [-0.3, -0.25) is 13.9 Å². The zero-order valence-electron chi connectivity index (χ0n) is 25.6. The number of nitrogens with zero attached hydrogens (tertiary/aromatic N) is 2. The predicted molar refractivity (Wildman–Crippen MR) is 178 cm³/mol. The molecule has 4 aromatic rings. The minimum absolute atomic E-state index is 0.0220. The summed E-state index contributed by atoms with van der Waals surface area (Å²) in [4.78, 5) is 29.8. The molecule has 1 atom stereocenters. The van der Waals surface area contributed by atoms with E-state index < -0.39 is 34.3 Å². The molecular formula is C36H37ClFN3O4S. The summed E-state index contributed by atoms with van der Waals surface area (Å²) < 4.78 is 44.4. The van der Waals surface area contributed by atoms with Crippen LogP contribution >= 0.6 is 11.6 Å². The molecule has 4 aromatic carbocycles. The number of hydrogen-bond donors (Lipinski definition) is 1. The third-order valence-electron chi connectivity index (χ3n) is 8.28. The molecule has 1 saturated carbocycles. The number of nitrogens with one attached hydrogen (secondary N) is 1. The Kier molecular flexibility index (Phi) is 10.8. The van der Waals surface area contributed by atoms with E-state index in [9.17, 15) is 18.0 Å². The molecular weight excluding hydrogens is 625 g/mol. The van der Waals surface area contributed by atoms with Crippen molar-refractivity contribution in [3.8, 4) is 0 Å². The number of rotatable bonds is 12. The minimum atomic E-state index is -4.30. The van der Waals surface area contributed by atoms with Gasteiger partial charge < -0.3 is 10.2 Å². The van der Waals surface area contributed by atoms with Crippen molar-refractivity contribution in [2.24, 2.45) is 0 Å². The number of sulfonamides is 1. The molecule has 7 nitrogen and oxygen atoms in total. The van der Waals surface area contributed by atoms with Crippen molar-refractivity contribution < 1.29 is 22.4 Å². The fraction of sp³-hybridized carbons (Fsp3) is 0.278. The maximum atomic E-state index is 15.1. The molecule has 0 bridgehead atoms.